The molecule has 2 saturated carbocycles. The Labute approximate surface area is 118 Å². The zero-order chi connectivity index (χ0) is 13.7. The Morgan fingerprint density at radius 3 is 2.85 bits per heavy atom. The summed E-state index contributed by atoms with van der Waals surface area (Å²) in [6.07, 6.45) is 4.96. The van der Waals surface area contributed by atoms with Gasteiger partial charge in [0.05, 0.1) is 0 Å². The SMILES string of the molecule is CN1CC(NC(=O)c2cc(C3CC3)on2)C(C2CC2)C1. The molecule has 0 spiro atoms. The van der Waals surface area contributed by atoms with Crippen LogP contribution >= 0.6 is 0 Å². The average Bonchev–Trinajstić information content (AvgIpc) is 3.35. The Balaban J connectivity index is 1.42. The van der Waals surface area contributed by atoms with Crippen molar-refractivity contribution in [2.45, 2.75) is 37.6 Å². The first-order chi connectivity index (χ1) is 9.70. The third kappa shape index (κ3) is 2.35. The molecule has 5 heteroatoms. The molecular weight excluding hydrogens is 254 g/mol. The Bertz CT molecular complexity index is 519. The van der Waals surface area contributed by atoms with Crippen molar-refractivity contribution < 1.29 is 9.32 Å². The highest BCUT2D eigenvalue weighted by atomic mass is 16.5. The van der Waals surface area contributed by atoms with Gasteiger partial charge < -0.3 is 14.7 Å². The average molecular weight is 275 g/mol. The first-order valence-electron chi connectivity index (χ1n) is 7.66. The molecule has 4 rings (SSSR count). The molecule has 2 heterocycles. The Morgan fingerprint density at radius 1 is 1.35 bits per heavy atom. The predicted molar refractivity (Wildman–Crippen MR) is 73.4 cm³/mol. The van der Waals surface area contributed by atoms with Gasteiger partial charge in [0.25, 0.3) is 5.91 Å². The van der Waals surface area contributed by atoms with Crippen molar-refractivity contribution in [2.75, 3.05) is 20.1 Å². The van der Waals surface area contributed by atoms with Crippen LogP contribution in [0.2, 0.25) is 0 Å². The highest BCUT2D eigenvalue weighted by molar-refractivity contribution is 5.92. The number of likely N-dealkylation sites (tertiary alicyclic amines) is 1. The Hall–Kier alpha value is -1.36. The summed E-state index contributed by atoms with van der Waals surface area (Å²) in [6, 6.07) is 2.08. The van der Waals surface area contributed by atoms with Gasteiger partial charge in [0.2, 0.25) is 0 Å². The minimum atomic E-state index is -0.0772. The molecule has 0 radical (unpaired) electrons. The smallest absolute Gasteiger partial charge is 0.273 e. The number of aromatic nitrogens is 1. The number of likely N-dealkylation sites (N-methyl/N-ethyl adjacent to an activating group) is 1. The molecule has 0 bridgehead atoms. The van der Waals surface area contributed by atoms with E-state index >= 15 is 0 Å². The number of hydrogen-bond acceptors (Lipinski definition) is 4. The molecule has 1 saturated heterocycles. The molecule has 2 atom stereocenters. The lowest BCUT2D eigenvalue weighted by Crippen LogP contribution is -2.41. The van der Waals surface area contributed by atoms with E-state index in [4.69, 9.17) is 4.52 Å². The molecular formula is C15H21N3O2. The maximum Gasteiger partial charge on any atom is 0.273 e. The van der Waals surface area contributed by atoms with E-state index < -0.39 is 0 Å². The lowest BCUT2D eigenvalue weighted by atomic mass is 9.98. The van der Waals surface area contributed by atoms with E-state index in [1.807, 2.05) is 6.07 Å². The molecule has 3 fully saturated rings. The van der Waals surface area contributed by atoms with Crippen LogP contribution in [0.15, 0.2) is 10.6 Å². The number of carbonyl (C=O) groups is 1. The van der Waals surface area contributed by atoms with Crippen molar-refractivity contribution in [1.82, 2.24) is 15.4 Å². The minimum Gasteiger partial charge on any atom is -0.360 e. The summed E-state index contributed by atoms with van der Waals surface area (Å²) in [6.45, 7) is 2.04. The van der Waals surface area contributed by atoms with Crippen LogP contribution in [0, 0.1) is 11.8 Å². The van der Waals surface area contributed by atoms with E-state index in [9.17, 15) is 4.79 Å². The number of rotatable bonds is 4. The fourth-order valence-corrected chi connectivity index (χ4v) is 3.39. The normalized spacial score (nSPS) is 30.6. The second kappa shape index (κ2) is 4.58. The van der Waals surface area contributed by atoms with Gasteiger partial charge >= 0.3 is 0 Å². The fourth-order valence-electron chi connectivity index (χ4n) is 3.39. The van der Waals surface area contributed by atoms with Crippen LogP contribution in [0.3, 0.4) is 0 Å². The molecule has 1 aliphatic heterocycles. The van der Waals surface area contributed by atoms with E-state index in [0.29, 0.717) is 17.5 Å². The summed E-state index contributed by atoms with van der Waals surface area (Å²) in [5, 5.41) is 7.09. The summed E-state index contributed by atoms with van der Waals surface area (Å²) >= 11 is 0. The molecule has 2 aliphatic carbocycles. The van der Waals surface area contributed by atoms with Crippen molar-refractivity contribution in [3.05, 3.63) is 17.5 Å². The molecule has 20 heavy (non-hydrogen) atoms. The maximum absolute atomic E-state index is 12.3. The summed E-state index contributed by atoms with van der Waals surface area (Å²) in [4.78, 5) is 14.6. The molecule has 1 aromatic heterocycles. The van der Waals surface area contributed by atoms with Crippen LogP contribution < -0.4 is 5.32 Å². The van der Waals surface area contributed by atoms with E-state index in [0.717, 1.165) is 37.6 Å². The fraction of sp³-hybridized carbons (Fsp3) is 0.733. The highest BCUT2D eigenvalue weighted by Gasteiger charge is 2.42. The minimum absolute atomic E-state index is 0.0772. The first kappa shape index (κ1) is 12.4. The largest absolute Gasteiger partial charge is 0.360 e. The maximum atomic E-state index is 12.3. The predicted octanol–water partition coefficient (Wildman–Crippen LogP) is 1.62. The van der Waals surface area contributed by atoms with Gasteiger partial charge in [-0.05, 0) is 44.6 Å². The van der Waals surface area contributed by atoms with E-state index in [2.05, 4.69) is 22.4 Å². The highest BCUT2D eigenvalue weighted by Crippen LogP contribution is 2.41. The molecule has 5 nitrogen and oxygen atoms in total. The van der Waals surface area contributed by atoms with E-state index in [1.54, 1.807) is 0 Å². The number of nitrogens with one attached hydrogen (secondary N) is 1. The first-order valence-corrected chi connectivity index (χ1v) is 7.66. The summed E-state index contributed by atoms with van der Waals surface area (Å²) in [7, 11) is 2.13. The summed E-state index contributed by atoms with van der Waals surface area (Å²) in [5.74, 6) is 2.72. The van der Waals surface area contributed by atoms with Gasteiger partial charge in [-0.25, -0.2) is 0 Å². The topological polar surface area (TPSA) is 58.4 Å². The molecule has 0 aromatic carbocycles. The summed E-state index contributed by atoms with van der Waals surface area (Å²) in [5.41, 5.74) is 0.441. The van der Waals surface area contributed by atoms with Crippen LogP contribution in [0.1, 0.15) is 47.8 Å². The zero-order valence-corrected chi connectivity index (χ0v) is 11.8. The van der Waals surface area contributed by atoms with Gasteiger partial charge in [-0.3, -0.25) is 4.79 Å². The van der Waals surface area contributed by atoms with Crippen molar-refractivity contribution in [3.8, 4) is 0 Å². The van der Waals surface area contributed by atoms with Gasteiger partial charge in [0, 0.05) is 31.1 Å². The monoisotopic (exact) mass is 275 g/mol. The molecule has 1 amide bonds. The van der Waals surface area contributed by atoms with Gasteiger partial charge in [-0.2, -0.15) is 0 Å². The lowest BCUT2D eigenvalue weighted by molar-refractivity contribution is 0.0919. The van der Waals surface area contributed by atoms with Crippen LogP contribution in [-0.2, 0) is 0 Å². The van der Waals surface area contributed by atoms with E-state index in [-0.39, 0.29) is 11.9 Å². The molecule has 2 unspecified atom stereocenters. The number of hydrogen-bond donors (Lipinski definition) is 1. The van der Waals surface area contributed by atoms with Crippen molar-refractivity contribution in [2.24, 2.45) is 11.8 Å². The van der Waals surface area contributed by atoms with Crippen molar-refractivity contribution >= 4 is 5.91 Å². The molecule has 3 aliphatic rings. The van der Waals surface area contributed by atoms with Gasteiger partial charge in [0.1, 0.15) is 5.76 Å². The van der Waals surface area contributed by atoms with Crippen LogP contribution in [0.4, 0.5) is 0 Å². The third-order valence-electron chi connectivity index (χ3n) is 4.83. The second-order valence-electron chi connectivity index (χ2n) is 6.69. The zero-order valence-electron chi connectivity index (χ0n) is 11.8. The summed E-state index contributed by atoms with van der Waals surface area (Å²) < 4.78 is 5.26. The standard InChI is InChI=1S/C15H21N3O2/c1-18-7-11(9-2-3-9)13(8-18)16-15(19)12-6-14(20-17-12)10-4-5-10/h6,9-11,13H,2-5,7-8H2,1H3,(H,16,19). The van der Waals surface area contributed by atoms with E-state index in [1.165, 1.54) is 12.8 Å². The second-order valence-corrected chi connectivity index (χ2v) is 6.69. The Morgan fingerprint density at radius 2 is 2.15 bits per heavy atom. The van der Waals surface area contributed by atoms with Gasteiger partial charge in [0.15, 0.2) is 5.69 Å². The molecule has 1 aromatic rings. The third-order valence-corrected chi connectivity index (χ3v) is 4.83. The number of amides is 1. The van der Waals surface area contributed by atoms with Gasteiger partial charge in [-0.15, -0.1) is 0 Å². The number of nitrogens with zero attached hydrogens (tertiary/aromatic N) is 2. The van der Waals surface area contributed by atoms with Crippen LogP contribution in [0.25, 0.3) is 0 Å². The lowest BCUT2D eigenvalue weighted by Gasteiger charge is -2.18. The van der Waals surface area contributed by atoms with Crippen molar-refractivity contribution in [1.29, 1.82) is 0 Å². The van der Waals surface area contributed by atoms with Crippen molar-refractivity contribution in [3.63, 3.8) is 0 Å². The Kier molecular flexibility index (Phi) is 2.84. The van der Waals surface area contributed by atoms with Gasteiger partial charge in [-0.1, -0.05) is 5.16 Å². The van der Waals surface area contributed by atoms with Crippen LogP contribution in [0.5, 0.6) is 0 Å². The number of carbonyl (C=O) groups excluding carboxylic acids is 1. The quantitative estimate of drug-likeness (QED) is 0.907. The molecule has 1 N–H and O–H groups in total. The van der Waals surface area contributed by atoms with Crippen LogP contribution in [-0.4, -0.2) is 42.1 Å². The molecule has 108 valence electrons.